The zero-order chi connectivity index (χ0) is 17.8. The fourth-order valence-corrected chi connectivity index (χ4v) is 3.81. The van der Waals surface area contributed by atoms with E-state index >= 15 is 0 Å². The quantitative estimate of drug-likeness (QED) is 0.620. The van der Waals surface area contributed by atoms with Crippen molar-refractivity contribution in [1.82, 2.24) is 29.6 Å². The number of hydrogen-bond donors (Lipinski definition) is 0. The van der Waals surface area contributed by atoms with Gasteiger partial charge in [-0.05, 0) is 49.8 Å². The lowest BCUT2D eigenvalue weighted by Gasteiger charge is -2.15. The van der Waals surface area contributed by atoms with Gasteiger partial charge in [0, 0.05) is 18.0 Å². The molecule has 1 aliphatic heterocycles. The lowest BCUT2D eigenvalue weighted by atomic mass is 10.3. The monoisotopic (exact) mass is 368 g/mol. The summed E-state index contributed by atoms with van der Waals surface area (Å²) >= 11 is 1.39. The molecular formula is C18H20N6OS. The van der Waals surface area contributed by atoms with Crippen LogP contribution in [0.4, 0.5) is 0 Å². The number of para-hydroxylation sites is 1. The molecule has 0 aliphatic carbocycles. The van der Waals surface area contributed by atoms with E-state index in [1.165, 1.54) is 24.6 Å². The van der Waals surface area contributed by atoms with Crippen LogP contribution in [0.5, 0.6) is 5.88 Å². The zero-order valence-corrected chi connectivity index (χ0v) is 15.4. The summed E-state index contributed by atoms with van der Waals surface area (Å²) in [6.45, 7) is 3.02. The van der Waals surface area contributed by atoms with Gasteiger partial charge in [-0.25, -0.2) is 4.98 Å². The third kappa shape index (κ3) is 3.71. The molecule has 0 bridgehead atoms. The first kappa shape index (κ1) is 17.0. The van der Waals surface area contributed by atoms with Crippen LogP contribution in [0, 0.1) is 0 Å². The maximum Gasteiger partial charge on any atom is 0.217 e. The summed E-state index contributed by atoms with van der Waals surface area (Å²) in [6.07, 6.45) is 4.18. The van der Waals surface area contributed by atoms with Gasteiger partial charge < -0.3 is 4.74 Å². The highest BCUT2D eigenvalue weighted by atomic mass is 32.2. The maximum atomic E-state index is 5.19. The van der Waals surface area contributed by atoms with Crippen LogP contribution >= 0.6 is 11.8 Å². The molecule has 3 aromatic rings. The van der Waals surface area contributed by atoms with Crippen molar-refractivity contribution in [2.45, 2.75) is 29.7 Å². The van der Waals surface area contributed by atoms with Gasteiger partial charge in [-0.1, -0.05) is 18.2 Å². The third-order valence-corrected chi connectivity index (χ3v) is 5.10. The smallest absolute Gasteiger partial charge is 0.217 e. The van der Waals surface area contributed by atoms with Gasteiger partial charge in [0.05, 0.1) is 13.7 Å². The minimum absolute atomic E-state index is 0.533. The van der Waals surface area contributed by atoms with Gasteiger partial charge in [-0.3, -0.25) is 9.47 Å². The predicted molar refractivity (Wildman–Crippen MR) is 98.6 cm³/mol. The zero-order valence-electron chi connectivity index (χ0n) is 14.6. The molecule has 0 saturated carbocycles. The van der Waals surface area contributed by atoms with E-state index in [0.717, 1.165) is 36.3 Å². The van der Waals surface area contributed by atoms with E-state index in [0.29, 0.717) is 11.0 Å². The van der Waals surface area contributed by atoms with Crippen LogP contribution in [-0.4, -0.2) is 49.8 Å². The molecule has 4 rings (SSSR count). The molecular weight excluding hydrogens is 348 g/mol. The molecule has 134 valence electrons. The molecule has 2 aromatic heterocycles. The number of benzene rings is 1. The van der Waals surface area contributed by atoms with Crippen LogP contribution < -0.4 is 4.74 Å². The van der Waals surface area contributed by atoms with Gasteiger partial charge in [0.2, 0.25) is 11.0 Å². The average molecular weight is 368 g/mol. The van der Waals surface area contributed by atoms with Gasteiger partial charge in [0.15, 0.2) is 11.0 Å². The Hall–Kier alpha value is -2.45. The highest BCUT2D eigenvalue weighted by molar-refractivity contribution is 7.99. The number of rotatable bonds is 6. The highest BCUT2D eigenvalue weighted by Crippen LogP contribution is 2.28. The number of nitrogens with zero attached hydrogens (tertiary/aromatic N) is 6. The Morgan fingerprint density at radius 2 is 1.88 bits per heavy atom. The van der Waals surface area contributed by atoms with Crippen molar-refractivity contribution >= 4 is 11.8 Å². The Morgan fingerprint density at radius 3 is 2.65 bits per heavy atom. The first-order valence-corrected chi connectivity index (χ1v) is 9.42. The first-order valence-electron chi connectivity index (χ1n) is 8.60. The predicted octanol–water partition coefficient (Wildman–Crippen LogP) is 2.81. The standard InChI is InChI=1S/C18H20N6OS/c1-25-16-9-10-19-17(20-16)26-18-22-21-15(13-23-11-5-6-12-23)24(18)14-7-3-2-4-8-14/h2-4,7-10H,5-6,11-13H2,1H3. The van der Waals surface area contributed by atoms with Crippen LogP contribution in [-0.2, 0) is 6.54 Å². The maximum absolute atomic E-state index is 5.19. The topological polar surface area (TPSA) is 69.0 Å². The summed E-state index contributed by atoms with van der Waals surface area (Å²) in [5, 5.41) is 10.2. The SMILES string of the molecule is COc1ccnc(Sc2nnc(CN3CCCC3)n2-c2ccccc2)n1. The Morgan fingerprint density at radius 1 is 1.08 bits per heavy atom. The molecule has 0 unspecified atom stereocenters. The molecule has 0 spiro atoms. The van der Waals surface area contributed by atoms with Crippen molar-refractivity contribution in [2.24, 2.45) is 0 Å². The minimum atomic E-state index is 0.533. The van der Waals surface area contributed by atoms with Crippen LogP contribution in [0.1, 0.15) is 18.7 Å². The lowest BCUT2D eigenvalue weighted by molar-refractivity contribution is 0.319. The van der Waals surface area contributed by atoms with E-state index in [9.17, 15) is 0 Å². The second-order valence-electron chi connectivity index (χ2n) is 6.04. The van der Waals surface area contributed by atoms with E-state index in [1.807, 2.05) is 18.2 Å². The second-order valence-corrected chi connectivity index (χ2v) is 6.97. The minimum Gasteiger partial charge on any atom is -0.481 e. The van der Waals surface area contributed by atoms with E-state index < -0.39 is 0 Å². The largest absolute Gasteiger partial charge is 0.481 e. The van der Waals surface area contributed by atoms with E-state index in [-0.39, 0.29) is 0 Å². The molecule has 0 atom stereocenters. The van der Waals surface area contributed by atoms with Gasteiger partial charge in [0.25, 0.3) is 0 Å². The second kappa shape index (κ2) is 7.84. The fraction of sp³-hybridized carbons (Fsp3) is 0.333. The molecule has 0 N–H and O–H groups in total. The van der Waals surface area contributed by atoms with Crippen molar-refractivity contribution in [3.8, 4) is 11.6 Å². The summed E-state index contributed by atoms with van der Waals surface area (Å²) in [4.78, 5) is 11.1. The summed E-state index contributed by atoms with van der Waals surface area (Å²) in [5.41, 5.74) is 1.04. The summed E-state index contributed by atoms with van der Waals surface area (Å²) < 4.78 is 7.28. The number of ether oxygens (including phenoxy) is 1. The Labute approximate surface area is 156 Å². The normalized spacial score (nSPS) is 14.7. The number of hydrogen-bond acceptors (Lipinski definition) is 7. The molecule has 26 heavy (non-hydrogen) atoms. The van der Waals surface area contributed by atoms with E-state index in [2.05, 4.69) is 41.8 Å². The first-order chi connectivity index (χ1) is 12.8. The molecule has 1 saturated heterocycles. The van der Waals surface area contributed by atoms with Crippen molar-refractivity contribution in [3.05, 3.63) is 48.4 Å². The van der Waals surface area contributed by atoms with E-state index in [1.54, 1.807) is 19.4 Å². The molecule has 0 amide bonds. The average Bonchev–Trinajstić information content (AvgIpc) is 3.33. The summed E-state index contributed by atoms with van der Waals surface area (Å²) in [6, 6.07) is 11.9. The van der Waals surface area contributed by atoms with Gasteiger partial charge in [-0.15, -0.1) is 10.2 Å². The molecule has 1 fully saturated rings. The van der Waals surface area contributed by atoms with Crippen molar-refractivity contribution in [2.75, 3.05) is 20.2 Å². The van der Waals surface area contributed by atoms with Crippen LogP contribution in [0.15, 0.2) is 52.9 Å². The Bertz CT molecular complexity index is 863. The van der Waals surface area contributed by atoms with Crippen LogP contribution in [0.3, 0.4) is 0 Å². The number of aromatic nitrogens is 5. The van der Waals surface area contributed by atoms with Crippen molar-refractivity contribution in [1.29, 1.82) is 0 Å². The van der Waals surface area contributed by atoms with Gasteiger partial charge in [0.1, 0.15) is 0 Å². The Balaban J connectivity index is 1.68. The van der Waals surface area contributed by atoms with Gasteiger partial charge >= 0.3 is 0 Å². The van der Waals surface area contributed by atoms with Crippen LogP contribution in [0.2, 0.25) is 0 Å². The van der Waals surface area contributed by atoms with Crippen molar-refractivity contribution in [3.63, 3.8) is 0 Å². The number of likely N-dealkylation sites (tertiary alicyclic amines) is 1. The lowest BCUT2D eigenvalue weighted by Crippen LogP contribution is -2.21. The third-order valence-electron chi connectivity index (χ3n) is 4.28. The number of methoxy groups -OCH3 is 1. The van der Waals surface area contributed by atoms with Gasteiger partial charge in [-0.2, -0.15) is 4.98 Å². The summed E-state index contributed by atoms with van der Waals surface area (Å²) in [5.74, 6) is 1.47. The molecule has 7 nitrogen and oxygen atoms in total. The van der Waals surface area contributed by atoms with E-state index in [4.69, 9.17) is 4.74 Å². The fourth-order valence-electron chi connectivity index (χ4n) is 3.02. The molecule has 3 heterocycles. The Kier molecular flexibility index (Phi) is 5.12. The summed E-state index contributed by atoms with van der Waals surface area (Å²) in [7, 11) is 1.59. The molecule has 8 heteroatoms. The van der Waals surface area contributed by atoms with Crippen LogP contribution in [0.25, 0.3) is 5.69 Å². The molecule has 1 aliphatic rings. The highest BCUT2D eigenvalue weighted by Gasteiger charge is 2.20. The van der Waals surface area contributed by atoms with Crippen molar-refractivity contribution < 1.29 is 4.74 Å². The molecule has 1 aromatic carbocycles. The molecule has 0 radical (unpaired) electrons.